The van der Waals surface area contributed by atoms with Crippen LogP contribution in [0.4, 0.5) is 14.9 Å². The standard InChI is InChI=1S/C12H14BrFN2O3/c1-7(11(17)19-2)6-15-12(18)16-10-4-3-8(14)5-9(10)13/h3-5,7H,6H2,1-2H3,(H2,15,16,18)/t7-/m0/s1. The van der Waals surface area contributed by atoms with Crippen molar-refractivity contribution in [2.45, 2.75) is 6.92 Å². The number of methoxy groups -OCH3 is 1. The third-order valence-corrected chi connectivity index (χ3v) is 3.01. The molecule has 0 aliphatic heterocycles. The van der Waals surface area contributed by atoms with Crippen molar-refractivity contribution in [3.8, 4) is 0 Å². The van der Waals surface area contributed by atoms with E-state index in [-0.39, 0.29) is 6.54 Å². The fourth-order valence-electron chi connectivity index (χ4n) is 1.29. The summed E-state index contributed by atoms with van der Waals surface area (Å²) in [5.41, 5.74) is 0.435. The first kappa shape index (κ1) is 15.4. The molecule has 0 radical (unpaired) electrons. The molecular weight excluding hydrogens is 319 g/mol. The van der Waals surface area contributed by atoms with Crippen LogP contribution in [0, 0.1) is 11.7 Å². The van der Waals surface area contributed by atoms with Gasteiger partial charge in [-0.1, -0.05) is 6.92 Å². The Morgan fingerprint density at radius 1 is 1.47 bits per heavy atom. The predicted molar refractivity (Wildman–Crippen MR) is 72.3 cm³/mol. The number of anilines is 1. The monoisotopic (exact) mass is 332 g/mol. The maximum atomic E-state index is 12.9. The van der Waals surface area contributed by atoms with Gasteiger partial charge in [-0.25, -0.2) is 9.18 Å². The molecule has 0 aliphatic carbocycles. The highest BCUT2D eigenvalue weighted by molar-refractivity contribution is 9.10. The Balaban J connectivity index is 2.49. The molecule has 0 spiro atoms. The molecule has 0 aliphatic rings. The van der Waals surface area contributed by atoms with Crippen molar-refractivity contribution in [1.29, 1.82) is 0 Å². The zero-order chi connectivity index (χ0) is 14.4. The maximum absolute atomic E-state index is 12.9. The summed E-state index contributed by atoms with van der Waals surface area (Å²) in [6.07, 6.45) is 0. The van der Waals surface area contributed by atoms with E-state index in [1.165, 1.54) is 25.3 Å². The van der Waals surface area contributed by atoms with Crippen molar-refractivity contribution in [2.75, 3.05) is 19.0 Å². The summed E-state index contributed by atoms with van der Waals surface area (Å²) in [4.78, 5) is 22.7. The Hall–Kier alpha value is -1.63. The third kappa shape index (κ3) is 4.86. The summed E-state index contributed by atoms with van der Waals surface area (Å²) >= 11 is 3.13. The van der Waals surface area contributed by atoms with Crippen LogP contribution in [0.1, 0.15) is 6.92 Å². The normalized spacial score (nSPS) is 11.6. The van der Waals surface area contributed by atoms with Crippen LogP contribution >= 0.6 is 15.9 Å². The fraction of sp³-hybridized carbons (Fsp3) is 0.333. The molecule has 0 unspecified atom stereocenters. The summed E-state index contributed by atoms with van der Waals surface area (Å²) in [5, 5.41) is 5.06. The van der Waals surface area contributed by atoms with E-state index in [0.29, 0.717) is 10.2 Å². The summed E-state index contributed by atoms with van der Waals surface area (Å²) in [7, 11) is 1.29. The average molecular weight is 333 g/mol. The highest BCUT2D eigenvalue weighted by Gasteiger charge is 2.14. The first-order valence-electron chi connectivity index (χ1n) is 5.51. The largest absolute Gasteiger partial charge is 0.469 e. The van der Waals surface area contributed by atoms with Crippen LogP contribution in [0.5, 0.6) is 0 Å². The molecule has 0 bridgehead atoms. The number of esters is 1. The van der Waals surface area contributed by atoms with E-state index in [1.807, 2.05) is 0 Å². The molecule has 1 aromatic carbocycles. The second-order valence-corrected chi connectivity index (χ2v) is 4.74. The number of amides is 2. The topological polar surface area (TPSA) is 67.4 Å². The lowest BCUT2D eigenvalue weighted by Gasteiger charge is -2.12. The van der Waals surface area contributed by atoms with Gasteiger partial charge in [-0.2, -0.15) is 0 Å². The fourth-order valence-corrected chi connectivity index (χ4v) is 1.74. The van der Waals surface area contributed by atoms with Gasteiger partial charge in [0.25, 0.3) is 0 Å². The van der Waals surface area contributed by atoms with Crippen molar-refractivity contribution in [3.05, 3.63) is 28.5 Å². The Labute approximate surface area is 118 Å². The van der Waals surface area contributed by atoms with Crippen molar-refractivity contribution in [3.63, 3.8) is 0 Å². The molecule has 19 heavy (non-hydrogen) atoms. The first-order chi connectivity index (χ1) is 8.93. The molecule has 1 rings (SSSR count). The Kier molecular flexibility index (Phi) is 5.75. The van der Waals surface area contributed by atoms with E-state index in [4.69, 9.17) is 0 Å². The molecule has 1 atom stereocenters. The Morgan fingerprint density at radius 3 is 2.74 bits per heavy atom. The maximum Gasteiger partial charge on any atom is 0.319 e. The van der Waals surface area contributed by atoms with Gasteiger partial charge >= 0.3 is 12.0 Å². The summed E-state index contributed by atoms with van der Waals surface area (Å²) < 4.78 is 17.8. The minimum absolute atomic E-state index is 0.150. The first-order valence-corrected chi connectivity index (χ1v) is 6.31. The van der Waals surface area contributed by atoms with Gasteiger partial charge in [0.1, 0.15) is 5.82 Å². The van der Waals surface area contributed by atoms with Gasteiger partial charge in [-0.05, 0) is 34.1 Å². The number of nitrogens with one attached hydrogen (secondary N) is 2. The van der Waals surface area contributed by atoms with Crippen LogP contribution < -0.4 is 10.6 Å². The van der Waals surface area contributed by atoms with Crippen molar-refractivity contribution in [2.24, 2.45) is 5.92 Å². The highest BCUT2D eigenvalue weighted by atomic mass is 79.9. The molecule has 2 N–H and O–H groups in total. The highest BCUT2D eigenvalue weighted by Crippen LogP contribution is 2.22. The molecular formula is C12H14BrFN2O3. The van der Waals surface area contributed by atoms with Crippen molar-refractivity contribution >= 4 is 33.6 Å². The van der Waals surface area contributed by atoms with Gasteiger partial charge in [0.15, 0.2) is 0 Å². The zero-order valence-electron chi connectivity index (χ0n) is 10.5. The summed E-state index contributed by atoms with van der Waals surface area (Å²) in [6, 6.07) is 3.43. The number of benzene rings is 1. The van der Waals surface area contributed by atoms with E-state index < -0.39 is 23.7 Å². The van der Waals surface area contributed by atoms with E-state index in [1.54, 1.807) is 6.92 Å². The van der Waals surface area contributed by atoms with Gasteiger partial charge in [-0.3, -0.25) is 4.79 Å². The molecule has 0 saturated heterocycles. The lowest BCUT2D eigenvalue weighted by molar-refractivity contribution is -0.144. The molecule has 0 heterocycles. The predicted octanol–water partition coefficient (Wildman–Crippen LogP) is 2.52. The van der Waals surface area contributed by atoms with E-state index in [2.05, 4.69) is 31.3 Å². The van der Waals surface area contributed by atoms with Crippen LogP contribution in [0.2, 0.25) is 0 Å². The quantitative estimate of drug-likeness (QED) is 0.832. The second kappa shape index (κ2) is 7.08. The van der Waals surface area contributed by atoms with Crippen molar-refractivity contribution < 1.29 is 18.7 Å². The lowest BCUT2D eigenvalue weighted by atomic mass is 10.2. The number of hydrogen-bond acceptors (Lipinski definition) is 3. The van der Waals surface area contributed by atoms with Crippen LogP contribution in [-0.4, -0.2) is 25.7 Å². The van der Waals surface area contributed by atoms with Crippen LogP contribution in [-0.2, 0) is 9.53 Å². The summed E-state index contributed by atoms with van der Waals surface area (Å²) in [5.74, 6) is -1.24. The van der Waals surface area contributed by atoms with E-state index >= 15 is 0 Å². The number of urea groups is 1. The summed E-state index contributed by atoms with van der Waals surface area (Å²) in [6.45, 7) is 1.79. The number of rotatable bonds is 4. The third-order valence-electron chi connectivity index (χ3n) is 2.35. The molecule has 0 saturated carbocycles. The molecule has 104 valence electrons. The second-order valence-electron chi connectivity index (χ2n) is 3.88. The number of halogens is 2. The van der Waals surface area contributed by atoms with Gasteiger partial charge in [-0.15, -0.1) is 0 Å². The van der Waals surface area contributed by atoms with Gasteiger partial charge < -0.3 is 15.4 Å². The zero-order valence-corrected chi connectivity index (χ0v) is 12.1. The lowest BCUT2D eigenvalue weighted by Crippen LogP contribution is -2.35. The SMILES string of the molecule is COC(=O)[C@@H](C)CNC(=O)Nc1ccc(F)cc1Br. The Morgan fingerprint density at radius 2 is 2.16 bits per heavy atom. The molecule has 0 fully saturated rings. The van der Waals surface area contributed by atoms with Gasteiger partial charge in [0.05, 0.1) is 18.7 Å². The molecule has 5 nitrogen and oxygen atoms in total. The van der Waals surface area contributed by atoms with Crippen molar-refractivity contribution in [1.82, 2.24) is 5.32 Å². The number of carbonyl (C=O) groups excluding carboxylic acids is 2. The van der Waals surface area contributed by atoms with Crippen LogP contribution in [0.3, 0.4) is 0 Å². The minimum Gasteiger partial charge on any atom is -0.469 e. The smallest absolute Gasteiger partial charge is 0.319 e. The van der Waals surface area contributed by atoms with Crippen LogP contribution in [0.15, 0.2) is 22.7 Å². The minimum atomic E-state index is -0.483. The van der Waals surface area contributed by atoms with Crippen LogP contribution in [0.25, 0.3) is 0 Å². The van der Waals surface area contributed by atoms with E-state index in [9.17, 15) is 14.0 Å². The molecule has 0 aromatic heterocycles. The number of ether oxygens (including phenoxy) is 1. The molecule has 2 amide bonds. The average Bonchev–Trinajstić information content (AvgIpc) is 2.38. The number of carbonyl (C=O) groups is 2. The van der Waals surface area contributed by atoms with E-state index in [0.717, 1.165) is 0 Å². The molecule has 1 aromatic rings. The van der Waals surface area contributed by atoms with Gasteiger partial charge in [0, 0.05) is 11.0 Å². The Bertz CT molecular complexity index is 482. The molecule has 7 heteroatoms. The number of hydrogen-bond donors (Lipinski definition) is 2. The van der Waals surface area contributed by atoms with Gasteiger partial charge in [0.2, 0.25) is 0 Å².